The number of anilines is 1. The number of nitrogens with one attached hydrogen (secondary N) is 2. The maximum Gasteiger partial charge on any atom is 0.261 e. The summed E-state index contributed by atoms with van der Waals surface area (Å²) in [6, 6.07) is 10.4. The van der Waals surface area contributed by atoms with Crippen LogP contribution < -0.4 is 10.6 Å². The van der Waals surface area contributed by atoms with Crippen LogP contribution in [0.15, 0.2) is 41.8 Å². The third-order valence-corrected chi connectivity index (χ3v) is 4.28. The van der Waals surface area contributed by atoms with Crippen LogP contribution in [0.4, 0.5) is 5.69 Å². The smallest absolute Gasteiger partial charge is 0.261 e. The number of carbonyl (C=O) groups is 3. The lowest BCUT2D eigenvalue weighted by molar-refractivity contribution is -0.116. The average molecular weight is 359 g/mol. The minimum atomic E-state index is -0.153. The number of rotatable bonds is 7. The molecular formula is C18H21N3O3S. The molecule has 7 heteroatoms. The van der Waals surface area contributed by atoms with Crippen molar-refractivity contribution in [2.45, 2.75) is 12.8 Å². The molecule has 1 aromatic carbocycles. The second-order valence-corrected chi connectivity index (χ2v) is 6.61. The van der Waals surface area contributed by atoms with Gasteiger partial charge in [-0.2, -0.15) is 0 Å². The molecule has 6 nitrogen and oxygen atoms in total. The molecule has 3 amide bonds. The summed E-state index contributed by atoms with van der Waals surface area (Å²) in [4.78, 5) is 37.8. The van der Waals surface area contributed by atoms with Crippen LogP contribution in [-0.4, -0.2) is 43.3 Å². The van der Waals surface area contributed by atoms with Crippen LogP contribution in [0.2, 0.25) is 0 Å². The fourth-order valence-corrected chi connectivity index (χ4v) is 2.80. The number of amides is 3. The van der Waals surface area contributed by atoms with Gasteiger partial charge in [-0.1, -0.05) is 12.1 Å². The van der Waals surface area contributed by atoms with Gasteiger partial charge in [-0.15, -0.1) is 11.3 Å². The maximum atomic E-state index is 12.0. The van der Waals surface area contributed by atoms with E-state index in [-0.39, 0.29) is 24.1 Å². The summed E-state index contributed by atoms with van der Waals surface area (Å²) in [6.07, 6.45) is 0.829. The van der Waals surface area contributed by atoms with E-state index in [2.05, 4.69) is 10.6 Å². The van der Waals surface area contributed by atoms with Crippen molar-refractivity contribution in [3.63, 3.8) is 0 Å². The molecule has 2 N–H and O–H groups in total. The summed E-state index contributed by atoms with van der Waals surface area (Å²) < 4.78 is 0. The molecule has 0 unspecified atom stereocenters. The standard InChI is InChI=1S/C18H21N3O3S/c1-21(2)18(24)13-6-3-7-14(12-13)20-16(22)9-4-10-19-17(23)15-8-5-11-25-15/h3,5-8,11-12H,4,9-10H2,1-2H3,(H,19,23)(H,20,22). The summed E-state index contributed by atoms with van der Waals surface area (Å²) in [7, 11) is 3.36. The first-order chi connectivity index (χ1) is 12.0. The van der Waals surface area contributed by atoms with Crippen LogP contribution in [0.1, 0.15) is 32.9 Å². The minimum absolute atomic E-state index is 0.118. The Morgan fingerprint density at radius 3 is 2.60 bits per heavy atom. The van der Waals surface area contributed by atoms with Crippen LogP contribution in [0.3, 0.4) is 0 Å². The van der Waals surface area contributed by atoms with E-state index in [1.54, 1.807) is 44.4 Å². The topological polar surface area (TPSA) is 78.5 Å². The summed E-state index contributed by atoms with van der Waals surface area (Å²) in [5.74, 6) is -0.391. The minimum Gasteiger partial charge on any atom is -0.351 e. The quantitative estimate of drug-likeness (QED) is 0.746. The van der Waals surface area contributed by atoms with E-state index in [9.17, 15) is 14.4 Å². The van der Waals surface area contributed by atoms with Gasteiger partial charge in [-0.05, 0) is 36.1 Å². The molecule has 25 heavy (non-hydrogen) atoms. The van der Waals surface area contributed by atoms with Gasteiger partial charge < -0.3 is 15.5 Å². The first-order valence-electron chi connectivity index (χ1n) is 7.90. The zero-order valence-corrected chi connectivity index (χ0v) is 15.1. The van der Waals surface area contributed by atoms with Crippen molar-refractivity contribution in [1.29, 1.82) is 0 Å². The van der Waals surface area contributed by atoms with Crippen molar-refractivity contribution in [3.8, 4) is 0 Å². The van der Waals surface area contributed by atoms with Crippen molar-refractivity contribution in [3.05, 3.63) is 52.2 Å². The Morgan fingerprint density at radius 2 is 1.92 bits per heavy atom. The second kappa shape index (κ2) is 8.98. The van der Waals surface area contributed by atoms with Crippen LogP contribution >= 0.6 is 11.3 Å². The Kier molecular flexibility index (Phi) is 6.71. The highest BCUT2D eigenvalue weighted by molar-refractivity contribution is 7.12. The van der Waals surface area contributed by atoms with Crippen LogP contribution in [0, 0.1) is 0 Å². The van der Waals surface area contributed by atoms with Gasteiger partial charge in [0.1, 0.15) is 0 Å². The number of carbonyl (C=O) groups excluding carboxylic acids is 3. The lowest BCUT2D eigenvalue weighted by atomic mass is 10.1. The Hall–Kier alpha value is -2.67. The van der Waals surface area contributed by atoms with Gasteiger partial charge >= 0.3 is 0 Å². The maximum absolute atomic E-state index is 12.0. The van der Waals surface area contributed by atoms with E-state index in [4.69, 9.17) is 0 Å². The zero-order valence-electron chi connectivity index (χ0n) is 14.2. The van der Waals surface area contributed by atoms with Crippen molar-refractivity contribution >= 4 is 34.7 Å². The first-order valence-corrected chi connectivity index (χ1v) is 8.78. The van der Waals surface area contributed by atoms with E-state index in [1.807, 2.05) is 11.4 Å². The van der Waals surface area contributed by atoms with E-state index in [0.29, 0.717) is 29.1 Å². The molecule has 0 saturated carbocycles. The van der Waals surface area contributed by atoms with Crippen LogP contribution in [0.25, 0.3) is 0 Å². The van der Waals surface area contributed by atoms with Gasteiger partial charge in [0, 0.05) is 38.3 Å². The molecule has 2 rings (SSSR count). The fourth-order valence-electron chi connectivity index (χ4n) is 2.16. The zero-order chi connectivity index (χ0) is 18.2. The van der Waals surface area contributed by atoms with Gasteiger partial charge in [0.2, 0.25) is 5.91 Å². The summed E-state index contributed by atoms with van der Waals surface area (Å²) in [5, 5.41) is 7.40. The number of hydrogen-bond donors (Lipinski definition) is 2. The number of benzene rings is 1. The van der Waals surface area contributed by atoms with Crippen molar-refractivity contribution in [1.82, 2.24) is 10.2 Å². The normalized spacial score (nSPS) is 10.2. The molecule has 0 atom stereocenters. The molecule has 0 radical (unpaired) electrons. The summed E-state index contributed by atoms with van der Waals surface area (Å²) in [5.41, 5.74) is 1.10. The molecule has 0 bridgehead atoms. The summed E-state index contributed by atoms with van der Waals surface area (Å²) >= 11 is 1.38. The molecule has 0 aliphatic carbocycles. The van der Waals surface area contributed by atoms with Crippen molar-refractivity contribution in [2.24, 2.45) is 0 Å². The SMILES string of the molecule is CN(C)C(=O)c1cccc(NC(=O)CCCNC(=O)c2cccs2)c1. The van der Waals surface area contributed by atoms with Crippen LogP contribution in [-0.2, 0) is 4.79 Å². The summed E-state index contributed by atoms with van der Waals surface area (Å²) in [6.45, 7) is 0.434. The molecule has 1 aromatic heterocycles. The average Bonchev–Trinajstić information content (AvgIpc) is 3.12. The van der Waals surface area contributed by atoms with Crippen molar-refractivity contribution < 1.29 is 14.4 Å². The highest BCUT2D eigenvalue weighted by Crippen LogP contribution is 2.12. The Bertz CT molecular complexity index is 742. The fraction of sp³-hybridized carbons (Fsp3) is 0.278. The third kappa shape index (κ3) is 5.72. The van der Waals surface area contributed by atoms with Gasteiger partial charge in [0.05, 0.1) is 4.88 Å². The molecule has 132 valence electrons. The lowest BCUT2D eigenvalue weighted by Gasteiger charge is -2.11. The van der Waals surface area contributed by atoms with Gasteiger partial charge in [-0.3, -0.25) is 14.4 Å². The highest BCUT2D eigenvalue weighted by atomic mass is 32.1. The predicted octanol–water partition coefficient (Wildman–Crippen LogP) is 2.60. The second-order valence-electron chi connectivity index (χ2n) is 5.67. The molecule has 0 fully saturated rings. The lowest BCUT2D eigenvalue weighted by Crippen LogP contribution is -2.24. The number of thiophene rings is 1. The molecule has 0 aliphatic rings. The predicted molar refractivity (Wildman–Crippen MR) is 99.0 cm³/mol. The van der Waals surface area contributed by atoms with Crippen molar-refractivity contribution in [2.75, 3.05) is 26.0 Å². The molecule has 2 aromatic rings. The Labute approximate surface area is 150 Å². The molecule has 1 heterocycles. The molecule has 0 spiro atoms. The third-order valence-electron chi connectivity index (χ3n) is 3.41. The molecule has 0 saturated heterocycles. The monoisotopic (exact) mass is 359 g/mol. The van der Waals surface area contributed by atoms with E-state index < -0.39 is 0 Å². The number of hydrogen-bond acceptors (Lipinski definition) is 4. The first kappa shape index (κ1) is 18.7. The largest absolute Gasteiger partial charge is 0.351 e. The number of nitrogens with zero attached hydrogens (tertiary/aromatic N) is 1. The Morgan fingerprint density at radius 1 is 1.12 bits per heavy atom. The molecular weight excluding hydrogens is 338 g/mol. The Balaban J connectivity index is 1.76. The van der Waals surface area contributed by atoms with E-state index >= 15 is 0 Å². The highest BCUT2D eigenvalue weighted by Gasteiger charge is 2.10. The van der Waals surface area contributed by atoms with Gasteiger partial charge in [0.25, 0.3) is 11.8 Å². The van der Waals surface area contributed by atoms with E-state index in [1.165, 1.54) is 16.2 Å². The molecule has 0 aliphatic heterocycles. The van der Waals surface area contributed by atoms with Gasteiger partial charge in [-0.25, -0.2) is 0 Å². The van der Waals surface area contributed by atoms with Gasteiger partial charge in [0.15, 0.2) is 0 Å². The van der Waals surface area contributed by atoms with Crippen LogP contribution in [0.5, 0.6) is 0 Å². The van der Waals surface area contributed by atoms with E-state index in [0.717, 1.165) is 0 Å².